The second-order valence-corrected chi connectivity index (χ2v) is 10.5. The van der Waals surface area contributed by atoms with E-state index in [1.807, 2.05) is 58.9 Å². The maximum atomic E-state index is 11.8. The minimum Gasteiger partial charge on any atom is -1.00 e. The molecule has 15 heteroatoms. The Bertz CT molecular complexity index is 1500. The average molecular weight is 747 g/mol. The molecule has 0 atom stereocenters. The molecule has 1 amide bonds. The molecule has 9 nitrogen and oxygen atoms in total. The van der Waals surface area contributed by atoms with Gasteiger partial charge in [-0.1, -0.05) is 14.9 Å². The van der Waals surface area contributed by atoms with Gasteiger partial charge in [-0.15, -0.1) is 0 Å². The molecule has 4 aromatic heterocycles. The molecule has 4 rings (SSSR count). The summed E-state index contributed by atoms with van der Waals surface area (Å²) in [5.41, 5.74) is 11.3. The van der Waals surface area contributed by atoms with Crippen LogP contribution in [0.3, 0.4) is 0 Å². The molecule has 42 heavy (non-hydrogen) atoms. The van der Waals surface area contributed by atoms with Crippen LogP contribution in [0.2, 0.25) is 0 Å². The third-order valence-corrected chi connectivity index (χ3v) is 6.01. The van der Waals surface area contributed by atoms with Crippen molar-refractivity contribution in [3.8, 4) is 0 Å². The fourth-order valence-corrected chi connectivity index (χ4v) is 3.67. The van der Waals surface area contributed by atoms with E-state index < -0.39 is 24.2 Å². The van der Waals surface area contributed by atoms with E-state index in [9.17, 15) is 18.0 Å². The van der Waals surface area contributed by atoms with Crippen molar-refractivity contribution in [3.05, 3.63) is 57.0 Å². The number of ether oxygens (including phenoxy) is 1. The van der Waals surface area contributed by atoms with Crippen LogP contribution in [0.1, 0.15) is 48.4 Å². The number of hydrogen-bond acceptors (Lipinski definition) is 8. The van der Waals surface area contributed by atoms with Gasteiger partial charge < -0.3 is 11.9 Å². The number of aromatic nitrogens is 4. The first-order valence-electron chi connectivity index (χ1n) is 11.1. The Morgan fingerprint density at radius 3 is 1.79 bits per heavy atom. The normalized spacial score (nSPS) is 10.3. The minimum absolute atomic E-state index is 0. The van der Waals surface area contributed by atoms with E-state index in [1.54, 1.807) is 12.4 Å². The SMILES string of the molecule is C.C.Cc1ccc2ncc(N)c(Br)c2n1.Cc1ccc2ncc(NC(=O)OC(C)(C)C)c(Br)c2n1.O=CC(F)(F)F.[H-].[K+]. The number of rotatable bonds is 1. The van der Waals surface area contributed by atoms with Gasteiger partial charge in [-0.2, -0.15) is 13.2 Å². The Morgan fingerprint density at radius 1 is 0.929 bits per heavy atom. The van der Waals surface area contributed by atoms with Crippen LogP contribution >= 0.6 is 31.9 Å². The maximum absolute atomic E-state index is 11.8. The number of anilines is 2. The molecule has 0 aliphatic carbocycles. The number of carbonyl (C=O) groups is 2. The second-order valence-electron chi connectivity index (χ2n) is 8.94. The molecule has 0 radical (unpaired) electrons. The molecule has 0 aliphatic rings. The van der Waals surface area contributed by atoms with Crippen LogP contribution in [0, 0.1) is 13.8 Å². The number of hydrogen-bond donors (Lipinski definition) is 2. The number of aldehydes is 1. The van der Waals surface area contributed by atoms with Gasteiger partial charge in [0, 0.05) is 11.4 Å². The molecule has 4 aromatic rings. The number of nitrogens with one attached hydrogen (secondary N) is 1. The number of halogens is 5. The summed E-state index contributed by atoms with van der Waals surface area (Å²) < 4.78 is 38.0. The predicted octanol–water partition coefficient (Wildman–Crippen LogP) is 5.47. The number of carbonyl (C=O) groups excluding carboxylic acids is 2. The van der Waals surface area contributed by atoms with E-state index in [0.29, 0.717) is 21.4 Å². The summed E-state index contributed by atoms with van der Waals surface area (Å²) >= 11 is 6.84. The van der Waals surface area contributed by atoms with Crippen molar-refractivity contribution in [2.75, 3.05) is 11.1 Å². The zero-order chi connectivity index (χ0) is 29.5. The van der Waals surface area contributed by atoms with Crippen molar-refractivity contribution in [2.45, 2.75) is 61.2 Å². The summed E-state index contributed by atoms with van der Waals surface area (Å²) in [6, 6.07) is 7.64. The fourth-order valence-electron chi connectivity index (χ4n) is 2.78. The number of pyridine rings is 4. The smallest absolute Gasteiger partial charge is 1.00 e. The number of fused-ring (bicyclic) bond motifs is 2. The van der Waals surface area contributed by atoms with E-state index in [0.717, 1.165) is 32.4 Å². The van der Waals surface area contributed by atoms with Crippen molar-refractivity contribution in [2.24, 2.45) is 0 Å². The van der Waals surface area contributed by atoms with Crippen molar-refractivity contribution >= 4 is 77.7 Å². The second kappa shape index (κ2) is 18.1. The molecule has 0 saturated carbocycles. The van der Waals surface area contributed by atoms with Crippen molar-refractivity contribution in [3.63, 3.8) is 0 Å². The monoisotopic (exact) mass is 744 g/mol. The topological polar surface area (TPSA) is 133 Å². The fraction of sp³-hybridized carbons (Fsp3) is 0.333. The maximum Gasteiger partial charge on any atom is 1.00 e. The Hall–Kier alpha value is -1.75. The number of nitrogens with zero attached hydrogens (tertiary/aromatic N) is 4. The van der Waals surface area contributed by atoms with Crippen molar-refractivity contribution < 1.29 is 80.3 Å². The summed E-state index contributed by atoms with van der Waals surface area (Å²) in [4.78, 5) is 37.7. The number of nitrogen functional groups attached to an aromatic ring is 1. The molecule has 0 spiro atoms. The number of nitrogens with two attached hydrogens (primary N) is 1. The molecule has 3 N–H and O–H groups in total. The zero-order valence-corrected chi connectivity index (χ0v) is 28.8. The number of aryl methyl sites for hydroxylation is 2. The van der Waals surface area contributed by atoms with E-state index in [4.69, 9.17) is 15.3 Å². The van der Waals surface area contributed by atoms with Crippen molar-refractivity contribution in [1.29, 1.82) is 0 Å². The van der Waals surface area contributed by atoms with Crippen LogP contribution in [-0.4, -0.2) is 44.1 Å². The molecular weight excluding hydrogens is 712 g/mol. The van der Waals surface area contributed by atoms with Gasteiger partial charge in [-0.05, 0) is 90.7 Å². The molecule has 4 heterocycles. The first kappa shape index (κ1) is 42.4. The van der Waals surface area contributed by atoms with Gasteiger partial charge in [-0.3, -0.25) is 30.0 Å². The zero-order valence-electron chi connectivity index (χ0n) is 23.5. The Kier molecular flexibility index (Phi) is 18.3. The average Bonchev–Trinajstić information content (AvgIpc) is 2.83. The van der Waals surface area contributed by atoms with Crippen LogP contribution in [-0.2, 0) is 9.53 Å². The van der Waals surface area contributed by atoms with Gasteiger partial charge >= 0.3 is 63.7 Å². The van der Waals surface area contributed by atoms with E-state index >= 15 is 0 Å². The molecular formula is C27H34Br2F3KN6O3. The number of alkyl halides is 3. The first-order valence-corrected chi connectivity index (χ1v) is 12.7. The van der Waals surface area contributed by atoms with Crippen LogP contribution < -0.4 is 62.4 Å². The van der Waals surface area contributed by atoms with Crippen LogP contribution in [0.15, 0.2) is 45.6 Å². The molecule has 0 saturated heterocycles. The summed E-state index contributed by atoms with van der Waals surface area (Å²) in [6.07, 6.45) is -3.02. The van der Waals surface area contributed by atoms with Gasteiger partial charge in [0.15, 0.2) is 0 Å². The van der Waals surface area contributed by atoms with Crippen molar-refractivity contribution in [1.82, 2.24) is 19.9 Å². The summed E-state index contributed by atoms with van der Waals surface area (Å²) in [6.45, 7) is 9.27. The van der Waals surface area contributed by atoms with E-state index in [2.05, 4.69) is 57.1 Å². The molecule has 0 aliphatic heterocycles. The quantitative estimate of drug-likeness (QED) is 0.194. The van der Waals surface area contributed by atoms with Gasteiger partial charge in [0.05, 0.1) is 43.7 Å². The Labute approximate surface area is 304 Å². The molecule has 0 fully saturated rings. The third-order valence-electron chi connectivity index (χ3n) is 4.38. The Balaban J connectivity index is -0.000000606. The first-order chi connectivity index (χ1) is 18.0. The molecule has 0 unspecified atom stereocenters. The van der Waals surface area contributed by atoms with E-state index in [1.165, 1.54) is 0 Å². The van der Waals surface area contributed by atoms with Gasteiger partial charge in [0.1, 0.15) is 16.6 Å². The summed E-state index contributed by atoms with van der Waals surface area (Å²) in [7, 11) is 0. The standard InChI is InChI=1S/C14H16BrN3O2.C9H8BrN3.C2HF3O.2CH4.K.H/c1-8-5-6-9-12(17-8)11(15)10(7-16-9)18-13(19)20-14(2,3)4;1-5-2-3-7-9(13-5)8(10)6(11)4-12-7;3-2(4,5)1-6;;;;/h5-7H,1-4H3,(H,18,19);2-4H,11H2,1H3;1H;2*1H4;;/q;;;;;+1;-1. The van der Waals surface area contributed by atoms with E-state index in [-0.39, 0.29) is 67.7 Å². The van der Waals surface area contributed by atoms with Crippen LogP contribution in [0.25, 0.3) is 22.1 Å². The summed E-state index contributed by atoms with van der Waals surface area (Å²) in [5, 5.41) is 2.67. The molecule has 0 bridgehead atoms. The van der Waals surface area contributed by atoms with Crippen LogP contribution in [0.4, 0.5) is 29.3 Å². The van der Waals surface area contributed by atoms with Gasteiger partial charge in [0.25, 0.3) is 0 Å². The van der Waals surface area contributed by atoms with Crippen LogP contribution in [0.5, 0.6) is 0 Å². The molecule has 0 aromatic carbocycles. The Morgan fingerprint density at radius 2 is 1.36 bits per heavy atom. The largest absolute Gasteiger partial charge is 1.00 e. The number of amides is 1. The minimum atomic E-state index is -4.64. The van der Waals surface area contributed by atoms with Gasteiger partial charge in [-0.25, -0.2) is 4.79 Å². The third kappa shape index (κ3) is 13.7. The van der Waals surface area contributed by atoms with Gasteiger partial charge in [0.2, 0.25) is 6.29 Å². The molecule has 226 valence electrons. The predicted molar refractivity (Wildman–Crippen MR) is 165 cm³/mol. The summed E-state index contributed by atoms with van der Waals surface area (Å²) in [5.74, 6) is 0.